The third kappa shape index (κ3) is 2.06. The first-order valence-electron chi connectivity index (χ1n) is 5.96. The van der Waals surface area contributed by atoms with Crippen molar-refractivity contribution in [3.63, 3.8) is 0 Å². The van der Waals surface area contributed by atoms with Crippen molar-refractivity contribution < 1.29 is 4.42 Å². The third-order valence-corrected chi connectivity index (χ3v) is 3.85. The Morgan fingerprint density at radius 2 is 1.53 bits per heavy atom. The second-order valence-electron chi connectivity index (χ2n) is 4.16. The molecular formula is C16H12O2S. The molecule has 3 heteroatoms. The summed E-state index contributed by atoms with van der Waals surface area (Å²) in [7, 11) is 0. The minimum absolute atomic E-state index is 0.285. The van der Waals surface area contributed by atoms with E-state index in [0.29, 0.717) is 11.1 Å². The molecule has 0 N–H and O–H groups in total. The van der Waals surface area contributed by atoms with Gasteiger partial charge in [0.05, 0.1) is 10.3 Å². The van der Waals surface area contributed by atoms with E-state index in [9.17, 15) is 4.79 Å². The van der Waals surface area contributed by atoms with Gasteiger partial charge in [0.15, 0.2) is 5.76 Å². The van der Waals surface area contributed by atoms with Crippen molar-refractivity contribution in [1.82, 2.24) is 0 Å². The van der Waals surface area contributed by atoms with E-state index in [0.717, 1.165) is 15.8 Å². The third-order valence-electron chi connectivity index (χ3n) is 3.03. The van der Waals surface area contributed by atoms with Gasteiger partial charge in [0.25, 0.3) is 0 Å². The molecule has 0 saturated heterocycles. The molecule has 94 valence electrons. The Labute approximate surface area is 115 Å². The van der Waals surface area contributed by atoms with E-state index < -0.39 is 0 Å². The monoisotopic (exact) mass is 268 g/mol. The maximum atomic E-state index is 12.1. The minimum atomic E-state index is -0.285. The van der Waals surface area contributed by atoms with E-state index in [1.165, 1.54) is 0 Å². The Morgan fingerprint density at radius 1 is 0.895 bits per heavy atom. The first kappa shape index (κ1) is 12.1. The van der Waals surface area contributed by atoms with Gasteiger partial charge >= 0.3 is 5.63 Å². The van der Waals surface area contributed by atoms with Crippen molar-refractivity contribution in [2.24, 2.45) is 0 Å². The zero-order valence-electron chi connectivity index (χ0n) is 10.4. The zero-order chi connectivity index (χ0) is 13.2. The predicted molar refractivity (Wildman–Crippen MR) is 79.7 cm³/mol. The molecule has 2 nitrogen and oxygen atoms in total. The van der Waals surface area contributed by atoms with Crippen LogP contribution >= 0.6 is 11.8 Å². The van der Waals surface area contributed by atoms with Gasteiger partial charge in [-0.3, -0.25) is 0 Å². The Bertz CT molecular complexity index is 776. The molecular weight excluding hydrogens is 256 g/mol. The second kappa shape index (κ2) is 4.94. The SMILES string of the molecule is CSc1c(-c2ccccc2)oc(=O)c2ccccc12. The number of thioether (sulfide) groups is 1. The van der Waals surface area contributed by atoms with Crippen LogP contribution in [-0.2, 0) is 0 Å². The van der Waals surface area contributed by atoms with E-state index in [4.69, 9.17) is 4.42 Å². The van der Waals surface area contributed by atoms with E-state index in [2.05, 4.69) is 0 Å². The maximum absolute atomic E-state index is 12.1. The number of benzene rings is 2. The Hall–Kier alpha value is -2.00. The molecule has 0 saturated carbocycles. The van der Waals surface area contributed by atoms with Crippen LogP contribution in [0.15, 0.2) is 68.7 Å². The maximum Gasteiger partial charge on any atom is 0.344 e. The molecule has 0 bridgehead atoms. The van der Waals surface area contributed by atoms with E-state index in [-0.39, 0.29) is 5.63 Å². The average molecular weight is 268 g/mol. The normalized spacial score (nSPS) is 10.8. The summed E-state index contributed by atoms with van der Waals surface area (Å²) in [4.78, 5) is 13.1. The van der Waals surface area contributed by atoms with E-state index in [1.807, 2.05) is 54.8 Å². The fourth-order valence-electron chi connectivity index (χ4n) is 2.16. The molecule has 3 aromatic rings. The summed E-state index contributed by atoms with van der Waals surface area (Å²) in [5, 5.41) is 1.58. The van der Waals surface area contributed by atoms with Gasteiger partial charge < -0.3 is 4.42 Å². The Balaban J connectivity index is 2.41. The summed E-state index contributed by atoms with van der Waals surface area (Å²) in [5.74, 6) is 0.650. The molecule has 0 amide bonds. The number of hydrogen-bond acceptors (Lipinski definition) is 3. The van der Waals surface area contributed by atoms with Crippen LogP contribution in [0.4, 0.5) is 0 Å². The van der Waals surface area contributed by atoms with Gasteiger partial charge in [-0.25, -0.2) is 4.79 Å². The van der Waals surface area contributed by atoms with Crippen LogP contribution in [0.1, 0.15) is 0 Å². The Kier molecular flexibility index (Phi) is 3.13. The molecule has 0 aliphatic rings. The molecule has 0 radical (unpaired) electrons. The largest absolute Gasteiger partial charge is 0.421 e. The molecule has 1 aromatic heterocycles. The highest BCUT2D eigenvalue weighted by atomic mass is 32.2. The standard InChI is InChI=1S/C16H12O2S/c1-19-15-12-9-5-6-10-13(12)16(17)18-14(15)11-7-3-2-4-8-11/h2-10H,1H3. The van der Waals surface area contributed by atoms with Crippen molar-refractivity contribution >= 4 is 22.5 Å². The number of fused-ring (bicyclic) bond motifs is 1. The molecule has 0 spiro atoms. The highest BCUT2D eigenvalue weighted by Gasteiger charge is 2.13. The lowest BCUT2D eigenvalue weighted by molar-refractivity contribution is 0.525. The van der Waals surface area contributed by atoms with Crippen molar-refractivity contribution in [3.05, 3.63) is 65.0 Å². The lowest BCUT2D eigenvalue weighted by Gasteiger charge is -2.09. The smallest absolute Gasteiger partial charge is 0.344 e. The fourth-order valence-corrected chi connectivity index (χ4v) is 2.90. The summed E-state index contributed by atoms with van der Waals surface area (Å²) >= 11 is 1.60. The molecule has 3 rings (SSSR count). The lowest BCUT2D eigenvalue weighted by Crippen LogP contribution is -2.02. The van der Waals surface area contributed by atoms with E-state index in [1.54, 1.807) is 17.8 Å². The lowest BCUT2D eigenvalue weighted by atomic mass is 10.1. The van der Waals surface area contributed by atoms with Crippen LogP contribution in [0, 0.1) is 0 Å². The van der Waals surface area contributed by atoms with Crippen LogP contribution in [0.3, 0.4) is 0 Å². The molecule has 1 heterocycles. The molecule has 0 aliphatic carbocycles. The summed E-state index contributed by atoms with van der Waals surface area (Å²) < 4.78 is 5.52. The van der Waals surface area contributed by atoms with Crippen molar-refractivity contribution in [2.45, 2.75) is 4.90 Å². The van der Waals surface area contributed by atoms with Gasteiger partial charge in [0.1, 0.15) is 0 Å². The molecule has 2 aromatic carbocycles. The van der Waals surface area contributed by atoms with Crippen LogP contribution in [0.25, 0.3) is 22.1 Å². The van der Waals surface area contributed by atoms with Crippen LogP contribution in [0.5, 0.6) is 0 Å². The van der Waals surface area contributed by atoms with E-state index >= 15 is 0 Å². The first-order chi connectivity index (χ1) is 9.31. The predicted octanol–water partition coefficient (Wildman–Crippen LogP) is 4.18. The average Bonchev–Trinajstić information content (AvgIpc) is 2.48. The van der Waals surface area contributed by atoms with Crippen LogP contribution in [0.2, 0.25) is 0 Å². The quantitative estimate of drug-likeness (QED) is 0.653. The van der Waals surface area contributed by atoms with Crippen molar-refractivity contribution in [2.75, 3.05) is 6.26 Å². The second-order valence-corrected chi connectivity index (χ2v) is 4.98. The summed E-state index contributed by atoms with van der Waals surface area (Å²) in [6, 6.07) is 17.3. The van der Waals surface area contributed by atoms with Gasteiger partial charge in [0.2, 0.25) is 0 Å². The number of rotatable bonds is 2. The zero-order valence-corrected chi connectivity index (χ0v) is 11.2. The molecule has 19 heavy (non-hydrogen) atoms. The minimum Gasteiger partial charge on any atom is -0.421 e. The van der Waals surface area contributed by atoms with Crippen molar-refractivity contribution in [1.29, 1.82) is 0 Å². The summed E-state index contributed by atoms with van der Waals surface area (Å²) in [6.07, 6.45) is 1.99. The highest BCUT2D eigenvalue weighted by molar-refractivity contribution is 7.99. The fraction of sp³-hybridized carbons (Fsp3) is 0.0625. The highest BCUT2D eigenvalue weighted by Crippen LogP contribution is 2.34. The topological polar surface area (TPSA) is 30.2 Å². The van der Waals surface area contributed by atoms with Gasteiger partial charge in [0, 0.05) is 10.9 Å². The van der Waals surface area contributed by atoms with Gasteiger partial charge in [-0.05, 0) is 12.3 Å². The molecule has 0 atom stereocenters. The van der Waals surface area contributed by atoms with Gasteiger partial charge in [-0.1, -0.05) is 48.5 Å². The summed E-state index contributed by atoms with van der Waals surface area (Å²) in [5.41, 5.74) is 0.641. The first-order valence-corrected chi connectivity index (χ1v) is 7.19. The van der Waals surface area contributed by atoms with Gasteiger partial charge in [-0.15, -0.1) is 11.8 Å². The number of hydrogen-bond donors (Lipinski definition) is 0. The van der Waals surface area contributed by atoms with Gasteiger partial charge in [-0.2, -0.15) is 0 Å². The van der Waals surface area contributed by atoms with Crippen molar-refractivity contribution in [3.8, 4) is 11.3 Å². The summed E-state index contributed by atoms with van der Waals surface area (Å²) in [6.45, 7) is 0. The molecule has 0 unspecified atom stereocenters. The Morgan fingerprint density at radius 3 is 2.21 bits per heavy atom. The molecule has 0 fully saturated rings. The van der Waals surface area contributed by atoms with Crippen LogP contribution < -0.4 is 5.63 Å². The van der Waals surface area contributed by atoms with Crippen LogP contribution in [-0.4, -0.2) is 6.26 Å². The molecule has 0 aliphatic heterocycles.